The highest BCUT2D eigenvalue weighted by Gasteiger charge is 2.19. The van der Waals surface area contributed by atoms with Crippen molar-refractivity contribution in [3.05, 3.63) is 63.3 Å². The van der Waals surface area contributed by atoms with Crippen LogP contribution in [-0.2, 0) is 28.8 Å². The van der Waals surface area contributed by atoms with Gasteiger partial charge in [0.05, 0.1) is 0 Å². The predicted octanol–water partition coefficient (Wildman–Crippen LogP) is 1.15. The molecule has 11 heteroatoms. The van der Waals surface area contributed by atoms with E-state index in [1.807, 2.05) is 0 Å². The summed E-state index contributed by atoms with van der Waals surface area (Å²) in [7, 11) is 0. The lowest BCUT2D eigenvalue weighted by Gasteiger charge is -2.28. The maximum atomic E-state index is 13.1. The average Bonchev–Trinajstić information content (AvgIpc) is 2.97. The molecule has 0 aromatic rings. The van der Waals surface area contributed by atoms with E-state index in [2.05, 4.69) is 43.5 Å². The van der Waals surface area contributed by atoms with Crippen LogP contribution in [-0.4, -0.2) is 102 Å². The van der Waals surface area contributed by atoms with Crippen molar-refractivity contribution in [3.63, 3.8) is 0 Å². The molecule has 0 fully saturated rings. The Bertz CT molecular complexity index is 945. The summed E-state index contributed by atoms with van der Waals surface area (Å²) >= 11 is 0. The van der Waals surface area contributed by atoms with Crippen molar-refractivity contribution in [2.75, 3.05) is 52.4 Å². The lowest BCUT2D eigenvalue weighted by atomic mass is 10.1. The first-order chi connectivity index (χ1) is 19.1. The Kier molecular flexibility index (Phi) is 19.3. The zero-order chi connectivity index (χ0) is 30.3. The number of amides is 5. The second kappa shape index (κ2) is 21.6. The molecule has 0 radical (unpaired) electrons. The lowest BCUT2D eigenvalue weighted by molar-refractivity contribution is -0.134. The summed E-state index contributed by atoms with van der Waals surface area (Å²) < 4.78 is 0. The molecule has 11 nitrogen and oxygen atoms in total. The SMILES string of the molecule is C=CC(=O)CCCCN(CCNC(=O)C=C)C(=O)CCN(CCN(CCCNC(=O)C=C)C(=O)C=C)C(=O)C=C. The highest BCUT2D eigenvalue weighted by atomic mass is 16.2. The van der Waals surface area contributed by atoms with Crippen molar-refractivity contribution in [1.29, 1.82) is 0 Å². The number of rotatable bonds is 23. The van der Waals surface area contributed by atoms with Gasteiger partial charge in [0.25, 0.3) is 0 Å². The molecule has 0 heterocycles. The quantitative estimate of drug-likeness (QED) is 0.143. The molecule has 0 bridgehead atoms. The Morgan fingerprint density at radius 2 is 1.02 bits per heavy atom. The largest absolute Gasteiger partial charge is 0.353 e. The standard InChI is InChI=1S/C29H43N5O6/c1-6-24(35)14-11-12-18-32(21-17-31-26(37)8-3)29(40)15-20-34(28(39)10-5)23-22-33(27(38)9-4)19-13-16-30-25(36)7-2/h6-10H,1-5,11-23H2,(H,30,36)(H,31,37). The summed E-state index contributed by atoms with van der Waals surface area (Å²) in [6.45, 7) is 19.3. The van der Waals surface area contributed by atoms with Gasteiger partial charge in [-0.15, -0.1) is 0 Å². The van der Waals surface area contributed by atoms with Crippen LogP contribution < -0.4 is 10.6 Å². The van der Waals surface area contributed by atoms with E-state index in [4.69, 9.17) is 0 Å². The zero-order valence-electron chi connectivity index (χ0n) is 23.4. The van der Waals surface area contributed by atoms with Crippen LogP contribution in [0, 0.1) is 0 Å². The van der Waals surface area contributed by atoms with Crippen LogP contribution in [0.1, 0.15) is 32.1 Å². The number of carbonyl (C=O) groups is 6. The molecule has 0 spiro atoms. The van der Waals surface area contributed by atoms with Gasteiger partial charge >= 0.3 is 0 Å². The Morgan fingerprint density at radius 3 is 1.55 bits per heavy atom. The highest BCUT2D eigenvalue weighted by molar-refractivity contribution is 5.89. The second-order valence-corrected chi connectivity index (χ2v) is 8.66. The van der Waals surface area contributed by atoms with Crippen LogP contribution in [0.4, 0.5) is 0 Å². The van der Waals surface area contributed by atoms with Gasteiger partial charge in [-0.05, 0) is 49.6 Å². The van der Waals surface area contributed by atoms with E-state index in [1.165, 1.54) is 22.0 Å². The molecule has 0 unspecified atom stereocenters. The van der Waals surface area contributed by atoms with Crippen LogP contribution in [0.2, 0.25) is 0 Å². The molecule has 0 aliphatic rings. The molecule has 0 saturated carbocycles. The van der Waals surface area contributed by atoms with Crippen molar-refractivity contribution in [3.8, 4) is 0 Å². The van der Waals surface area contributed by atoms with Gasteiger partial charge in [0.15, 0.2) is 5.78 Å². The van der Waals surface area contributed by atoms with Crippen LogP contribution in [0.5, 0.6) is 0 Å². The van der Waals surface area contributed by atoms with Crippen LogP contribution in [0.15, 0.2) is 63.3 Å². The first-order valence-electron chi connectivity index (χ1n) is 13.2. The van der Waals surface area contributed by atoms with Crippen LogP contribution >= 0.6 is 0 Å². The molecule has 2 N–H and O–H groups in total. The Morgan fingerprint density at radius 1 is 0.500 bits per heavy atom. The minimum atomic E-state index is -0.384. The summed E-state index contributed by atoms with van der Waals surface area (Å²) in [5, 5.41) is 5.28. The number of carbonyl (C=O) groups excluding carboxylic acids is 6. The smallest absolute Gasteiger partial charge is 0.246 e. The number of hydrogen-bond donors (Lipinski definition) is 2. The van der Waals surface area contributed by atoms with Crippen LogP contribution in [0.3, 0.4) is 0 Å². The van der Waals surface area contributed by atoms with Gasteiger partial charge in [0.1, 0.15) is 0 Å². The number of allylic oxidation sites excluding steroid dienone is 1. The fourth-order valence-corrected chi connectivity index (χ4v) is 3.56. The molecule has 5 amide bonds. The highest BCUT2D eigenvalue weighted by Crippen LogP contribution is 2.05. The van der Waals surface area contributed by atoms with Gasteiger partial charge in [-0.2, -0.15) is 0 Å². The topological polar surface area (TPSA) is 136 Å². The second-order valence-electron chi connectivity index (χ2n) is 8.66. The van der Waals surface area contributed by atoms with Crippen molar-refractivity contribution in [1.82, 2.24) is 25.3 Å². The van der Waals surface area contributed by atoms with Crippen LogP contribution in [0.25, 0.3) is 0 Å². The molecule has 0 aromatic heterocycles. The summed E-state index contributed by atoms with van der Waals surface area (Å²) in [5.74, 6) is -1.66. The average molecular weight is 558 g/mol. The Labute approximate surface area is 237 Å². The maximum absolute atomic E-state index is 13.1. The minimum absolute atomic E-state index is 0.0174. The molecule has 0 atom stereocenters. The van der Waals surface area contributed by atoms with Crippen molar-refractivity contribution < 1.29 is 28.8 Å². The van der Waals surface area contributed by atoms with Crippen molar-refractivity contribution >= 4 is 35.3 Å². The fourth-order valence-electron chi connectivity index (χ4n) is 3.56. The summed E-state index contributed by atoms with van der Waals surface area (Å²) in [4.78, 5) is 76.7. The number of nitrogens with one attached hydrogen (secondary N) is 2. The molecule has 0 rings (SSSR count). The molecular weight excluding hydrogens is 514 g/mol. The third-order valence-electron chi connectivity index (χ3n) is 5.85. The fraction of sp³-hybridized carbons (Fsp3) is 0.448. The van der Waals surface area contributed by atoms with E-state index < -0.39 is 0 Å². The molecule has 0 aliphatic heterocycles. The molecule has 0 aliphatic carbocycles. The minimum Gasteiger partial charge on any atom is -0.353 e. The van der Waals surface area contributed by atoms with Gasteiger partial charge in [-0.3, -0.25) is 28.8 Å². The molecule has 0 saturated heterocycles. The van der Waals surface area contributed by atoms with Gasteiger partial charge < -0.3 is 25.3 Å². The lowest BCUT2D eigenvalue weighted by Crippen LogP contribution is -2.43. The molecular formula is C29H43N5O6. The van der Waals surface area contributed by atoms with Crippen molar-refractivity contribution in [2.45, 2.75) is 32.1 Å². The van der Waals surface area contributed by atoms with Gasteiger partial charge in [0.2, 0.25) is 29.5 Å². The van der Waals surface area contributed by atoms with Crippen molar-refractivity contribution in [2.24, 2.45) is 0 Å². The van der Waals surface area contributed by atoms with E-state index in [0.29, 0.717) is 45.3 Å². The first kappa shape index (κ1) is 35.7. The normalized spacial score (nSPS) is 9.90. The number of nitrogens with zero attached hydrogens (tertiary/aromatic N) is 3. The Hall–Kier alpha value is -4.28. The number of unbranched alkanes of at least 4 members (excludes halogenated alkanes) is 1. The monoisotopic (exact) mass is 557 g/mol. The third kappa shape index (κ3) is 15.9. The summed E-state index contributed by atoms with van der Waals surface area (Å²) in [6.07, 6.45) is 7.90. The molecule has 40 heavy (non-hydrogen) atoms. The number of ketones is 1. The summed E-state index contributed by atoms with van der Waals surface area (Å²) in [5.41, 5.74) is 0. The number of hydrogen-bond acceptors (Lipinski definition) is 6. The Balaban J connectivity index is 5.17. The predicted molar refractivity (Wildman–Crippen MR) is 155 cm³/mol. The molecule has 0 aromatic carbocycles. The third-order valence-corrected chi connectivity index (χ3v) is 5.85. The zero-order valence-corrected chi connectivity index (χ0v) is 23.4. The van der Waals surface area contributed by atoms with E-state index in [1.54, 1.807) is 4.90 Å². The molecule has 220 valence electrons. The van der Waals surface area contributed by atoms with E-state index in [9.17, 15) is 28.8 Å². The summed E-state index contributed by atoms with van der Waals surface area (Å²) in [6, 6.07) is 0. The first-order valence-corrected chi connectivity index (χ1v) is 13.2. The van der Waals surface area contributed by atoms with E-state index in [-0.39, 0.29) is 74.5 Å². The van der Waals surface area contributed by atoms with E-state index >= 15 is 0 Å². The maximum Gasteiger partial charge on any atom is 0.246 e. The van der Waals surface area contributed by atoms with E-state index in [0.717, 1.165) is 18.2 Å². The van der Waals surface area contributed by atoms with Gasteiger partial charge in [-0.1, -0.05) is 32.9 Å². The van der Waals surface area contributed by atoms with Gasteiger partial charge in [-0.25, -0.2) is 0 Å². The van der Waals surface area contributed by atoms with Gasteiger partial charge in [0, 0.05) is 65.2 Å².